The molecule has 136 valence electrons. The quantitative estimate of drug-likeness (QED) is 0.852. The monoisotopic (exact) mass is 346 g/mol. The summed E-state index contributed by atoms with van der Waals surface area (Å²) in [6.45, 7) is 8.76. The van der Waals surface area contributed by atoms with Crippen LogP contribution >= 0.6 is 0 Å². The predicted octanol–water partition coefficient (Wildman–Crippen LogP) is 1.63. The second kappa shape index (κ2) is 7.51. The van der Waals surface area contributed by atoms with Crippen LogP contribution in [0.25, 0.3) is 11.5 Å². The third kappa shape index (κ3) is 5.01. The number of hydrogen-bond acceptors (Lipinski definition) is 7. The predicted molar refractivity (Wildman–Crippen MR) is 94.3 cm³/mol. The van der Waals surface area contributed by atoms with E-state index in [0.717, 1.165) is 37.5 Å². The van der Waals surface area contributed by atoms with Crippen LogP contribution in [0.15, 0.2) is 28.7 Å². The van der Waals surface area contributed by atoms with Gasteiger partial charge in [0, 0.05) is 38.3 Å². The Labute approximate surface area is 148 Å². The summed E-state index contributed by atoms with van der Waals surface area (Å²) < 4.78 is 11.0. The zero-order chi connectivity index (χ0) is 17.9. The smallest absolute Gasteiger partial charge is 0.247 e. The second-order valence-corrected chi connectivity index (χ2v) is 7.09. The zero-order valence-corrected chi connectivity index (χ0v) is 15.1. The third-order valence-corrected chi connectivity index (χ3v) is 4.24. The first-order valence-corrected chi connectivity index (χ1v) is 8.57. The van der Waals surface area contributed by atoms with Crippen LogP contribution in [0.2, 0.25) is 0 Å². The number of aliphatic hydroxyl groups is 1. The Bertz CT molecular complexity index is 670. The van der Waals surface area contributed by atoms with Crippen molar-refractivity contribution < 1.29 is 14.3 Å². The molecule has 1 aromatic carbocycles. The van der Waals surface area contributed by atoms with E-state index in [1.807, 2.05) is 38.1 Å². The maximum Gasteiger partial charge on any atom is 0.247 e. The van der Waals surface area contributed by atoms with Crippen molar-refractivity contribution >= 4 is 0 Å². The molecule has 1 aliphatic heterocycles. The number of β-amino-alcohol motifs (C(OH)–C–C–N with tert-alkyl or cyclic N) is 1. The molecular weight excluding hydrogens is 320 g/mol. The number of methoxy groups -OCH3 is 1. The summed E-state index contributed by atoms with van der Waals surface area (Å²) in [5, 5.41) is 18.2. The fourth-order valence-corrected chi connectivity index (χ4v) is 3.01. The van der Waals surface area contributed by atoms with Gasteiger partial charge in [-0.1, -0.05) is 0 Å². The number of nitrogens with zero attached hydrogens (tertiary/aromatic N) is 4. The number of hydrogen-bond donors (Lipinski definition) is 1. The van der Waals surface area contributed by atoms with Crippen LogP contribution in [0.1, 0.15) is 19.7 Å². The van der Waals surface area contributed by atoms with E-state index in [2.05, 4.69) is 20.0 Å². The molecule has 0 unspecified atom stereocenters. The van der Waals surface area contributed by atoms with E-state index in [0.29, 0.717) is 24.9 Å². The average Bonchev–Trinajstić information content (AvgIpc) is 3.04. The van der Waals surface area contributed by atoms with Crippen LogP contribution in [-0.4, -0.2) is 70.5 Å². The summed E-state index contributed by atoms with van der Waals surface area (Å²) in [5.41, 5.74) is 0.233. The summed E-state index contributed by atoms with van der Waals surface area (Å²) in [7, 11) is 1.64. The molecule has 7 heteroatoms. The van der Waals surface area contributed by atoms with E-state index in [-0.39, 0.29) is 0 Å². The van der Waals surface area contributed by atoms with Crippen molar-refractivity contribution in [1.29, 1.82) is 0 Å². The summed E-state index contributed by atoms with van der Waals surface area (Å²) in [4.78, 5) is 4.58. The van der Waals surface area contributed by atoms with Crippen LogP contribution < -0.4 is 4.74 Å². The van der Waals surface area contributed by atoms with Gasteiger partial charge < -0.3 is 14.3 Å². The Hall–Kier alpha value is -1.96. The minimum absolute atomic E-state index is 0.526. The van der Waals surface area contributed by atoms with Crippen molar-refractivity contribution in [2.45, 2.75) is 26.0 Å². The maximum absolute atomic E-state index is 9.92. The Morgan fingerprint density at radius 3 is 2.32 bits per heavy atom. The molecule has 1 aromatic heterocycles. The molecule has 25 heavy (non-hydrogen) atoms. The van der Waals surface area contributed by atoms with Crippen LogP contribution in [0, 0.1) is 0 Å². The van der Waals surface area contributed by atoms with E-state index < -0.39 is 5.60 Å². The van der Waals surface area contributed by atoms with Gasteiger partial charge in [-0.2, -0.15) is 0 Å². The topological polar surface area (TPSA) is 74.9 Å². The number of piperazine rings is 1. The van der Waals surface area contributed by atoms with Gasteiger partial charge in [0.25, 0.3) is 0 Å². The fraction of sp³-hybridized carbons (Fsp3) is 0.556. The van der Waals surface area contributed by atoms with E-state index in [1.54, 1.807) is 7.11 Å². The van der Waals surface area contributed by atoms with Crippen LogP contribution in [0.4, 0.5) is 0 Å². The van der Waals surface area contributed by atoms with Crippen LogP contribution in [0.5, 0.6) is 5.75 Å². The summed E-state index contributed by atoms with van der Waals surface area (Å²) >= 11 is 0. The first-order chi connectivity index (χ1) is 11.9. The third-order valence-electron chi connectivity index (χ3n) is 4.24. The summed E-state index contributed by atoms with van der Waals surface area (Å²) in [6, 6.07) is 7.57. The minimum Gasteiger partial charge on any atom is -0.497 e. The summed E-state index contributed by atoms with van der Waals surface area (Å²) in [6.07, 6.45) is 0. The van der Waals surface area contributed by atoms with Gasteiger partial charge in [0.1, 0.15) is 5.75 Å². The van der Waals surface area contributed by atoms with Gasteiger partial charge in [-0.05, 0) is 38.1 Å². The lowest BCUT2D eigenvalue weighted by molar-refractivity contribution is 0.0156. The van der Waals surface area contributed by atoms with Crippen LogP contribution in [-0.2, 0) is 6.54 Å². The Balaban J connectivity index is 1.53. The van der Waals surface area contributed by atoms with Gasteiger partial charge in [0.15, 0.2) is 0 Å². The summed E-state index contributed by atoms with van der Waals surface area (Å²) in [5.74, 6) is 1.95. The normalized spacial score (nSPS) is 17.0. The van der Waals surface area contributed by atoms with E-state index >= 15 is 0 Å². The lowest BCUT2D eigenvalue weighted by Crippen LogP contribution is -2.50. The van der Waals surface area contributed by atoms with Crippen molar-refractivity contribution in [3.63, 3.8) is 0 Å². The Morgan fingerprint density at radius 1 is 1.08 bits per heavy atom. The van der Waals surface area contributed by atoms with E-state index in [1.165, 1.54) is 0 Å². The molecule has 0 aliphatic carbocycles. The fourth-order valence-electron chi connectivity index (χ4n) is 3.01. The van der Waals surface area contributed by atoms with Gasteiger partial charge in [0.2, 0.25) is 11.8 Å². The second-order valence-electron chi connectivity index (χ2n) is 7.09. The maximum atomic E-state index is 9.92. The van der Waals surface area contributed by atoms with Gasteiger partial charge >= 0.3 is 0 Å². The molecule has 0 radical (unpaired) electrons. The molecule has 0 saturated carbocycles. The molecule has 1 aliphatic rings. The SMILES string of the molecule is COc1ccc(-c2nnc(CN3CCN(CC(C)(C)O)CC3)o2)cc1. The lowest BCUT2D eigenvalue weighted by atomic mass is 10.1. The van der Waals surface area contributed by atoms with Crippen molar-refractivity contribution in [3.8, 4) is 17.2 Å². The molecule has 1 fully saturated rings. The van der Waals surface area contributed by atoms with Gasteiger partial charge in [-0.3, -0.25) is 9.80 Å². The Kier molecular flexibility index (Phi) is 5.36. The highest BCUT2D eigenvalue weighted by Crippen LogP contribution is 2.21. The number of ether oxygens (including phenoxy) is 1. The molecular formula is C18H26N4O3. The zero-order valence-electron chi connectivity index (χ0n) is 15.1. The van der Waals surface area contributed by atoms with Gasteiger partial charge in [-0.25, -0.2) is 0 Å². The minimum atomic E-state index is -0.651. The van der Waals surface area contributed by atoms with Crippen molar-refractivity contribution in [2.24, 2.45) is 0 Å². The average molecular weight is 346 g/mol. The largest absolute Gasteiger partial charge is 0.497 e. The molecule has 7 nitrogen and oxygen atoms in total. The molecule has 0 atom stereocenters. The molecule has 0 spiro atoms. The van der Waals surface area contributed by atoms with Crippen LogP contribution in [0.3, 0.4) is 0 Å². The van der Waals surface area contributed by atoms with Crippen molar-refractivity contribution in [3.05, 3.63) is 30.2 Å². The molecule has 0 bridgehead atoms. The van der Waals surface area contributed by atoms with Gasteiger partial charge in [0.05, 0.1) is 19.3 Å². The van der Waals surface area contributed by atoms with E-state index in [9.17, 15) is 5.11 Å². The van der Waals surface area contributed by atoms with E-state index in [4.69, 9.17) is 9.15 Å². The van der Waals surface area contributed by atoms with Crippen molar-refractivity contribution in [1.82, 2.24) is 20.0 Å². The first kappa shape index (κ1) is 17.8. The number of benzene rings is 1. The molecule has 1 N–H and O–H groups in total. The molecule has 0 amide bonds. The first-order valence-electron chi connectivity index (χ1n) is 8.57. The Morgan fingerprint density at radius 2 is 1.72 bits per heavy atom. The molecule has 1 saturated heterocycles. The number of rotatable bonds is 6. The van der Waals surface area contributed by atoms with Crippen molar-refractivity contribution in [2.75, 3.05) is 39.8 Å². The number of aromatic nitrogens is 2. The lowest BCUT2D eigenvalue weighted by Gasteiger charge is -2.36. The highest BCUT2D eigenvalue weighted by molar-refractivity contribution is 5.53. The molecule has 3 rings (SSSR count). The highest BCUT2D eigenvalue weighted by atomic mass is 16.5. The highest BCUT2D eigenvalue weighted by Gasteiger charge is 2.23. The standard InChI is InChI=1S/C18H26N4O3/c1-18(2,23)13-22-10-8-21(9-11-22)12-16-19-20-17(25-16)14-4-6-15(24-3)7-5-14/h4-7,23H,8-13H2,1-3H3. The molecule has 2 aromatic rings. The van der Waals surface area contributed by atoms with Gasteiger partial charge in [-0.15, -0.1) is 10.2 Å². The molecule has 2 heterocycles.